The summed E-state index contributed by atoms with van der Waals surface area (Å²) in [5.41, 5.74) is 17.2. The molecule has 5 heteroatoms. The lowest BCUT2D eigenvalue weighted by molar-refractivity contribution is 0.180. The first-order valence-electron chi connectivity index (χ1n) is 11.8. The summed E-state index contributed by atoms with van der Waals surface area (Å²) in [6.07, 6.45) is 4.23. The van der Waals surface area contributed by atoms with Crippen molar-refractivity contribution >= 4 is 11.6 Å². The van der Waals surface area contributed by atoms with E-state index in [0.29, 0.717) is 6.54 Å². The second-order valence-corrected chi connectivity index (χ2v) is 8.84. The van der Waals surface area contributed by atoms with Crippen molar-refractivity contribution in [3.05, 3.63) is 95.1 Å². The number of fused-ring (bicyclic) bond motifs is 1. The normalized spacial score (nSPS) is 14.9. The van der Waals surface area contributed by atoms with Crippen LogP contribution in [0.4, 0.5) is 5.69 Å². The van der Waals surface area contributed by atoms with Crippen LogP contribution in [-0.4, -0.2) is 25.2 Å². The van der Waals surface area contributed by atoms with Crippen molar-refractivity contribution in [3.63, 3.8) is 0 Å². The highest BCUT2D eigenvalue weighted by molar-refractivity contribution is 5.75. The average molecular weight is 443 g/mol. The number of aliphatic imine (C=N–C) groups is 1. The molecule has 0 saturated carbocycles. The quantitative estimate of drug-likeness (QED) is 0.375. The predicted octanol–water partition coefficient (Wildman–Crippen LogP) is 4.60. The van der Waals surface area contributed by atoms with Crippen molar-refractivity contribution in [3.8, 4) is 5.75 Å². The Morgan fingerprint density at radius 2 is 1.58 bits per heavy atom. The number of benzene rings is 3. The first-order chi connectivity index (χ1) is 16.1. The number of nitrogens with zero attached hydrogens (tertiary/aromatic N) is 2. The monoisotopic (exact) mass is 442 g/mol. The lowest BCUT2D eigenvalue weighted by Gasteiger charge is -2.36. The fraction of sp³-hybridized carbons (Fsp3) is 0.321. The fourth-order valence-corrected chi connectivity index (χ4v) is 4.31. The molecule has 0 saturated heterocycles. The van der Waals surface area contributed by atoms with E-state index in [2.05, 4.69) is 89.6 Å². The first-order valence-corrected chi connectivity index (χ1v) is 11.8. The van der Waals surface area contributed by atoms with E-state index < -0.39 is 0 Å². The van der Waals surface area contributed by atoms with Gasteiger partial charge in [-0.1, -0.05) is 66.2 Å². The molecule has 3 aromatic carbocycles. The van der Waals surface area contributed by atoms with Crippen LogP contribution in [0, 0.1) is 6.92 Å². The summed E-state index contributed by atoms with van der Waals surface area (Å²) in [6, 6.07) is 26.0. The summed E-state index contributed by atoms with van der Waals surface area (Å²) in [6.45, 7) is 4.57. The van der Waals surface area contributed by atoms with Gasteiger partial charge in [0.2, 0.25) is 0 Å². The Balaban J connectivity index is 1.32. The molecular formula is C28H34N4O. The number of ether oxygens (including phenoxy) is 1. The van der Waals surface area contributed by atoms with Crippen LogP contribution >= 0.6 is 0 Å². The second kappa shape index (κ2) is 10.9. The highest BCUT2D eigenvalue weighted by Gasteiger charge is 2.25. The van der Waals surface area contributed by atoms with E-state index in [4.69, 9.17) is 16.2 Å². The third-order valence-corrected chi connectivity index (χ3v) is 6.13. The van der Waals surface area contributed by atoms with Crippen molar-refractivity contribution in [2.75, 3.05) is 18.0 Å². The van der Waals surface area contributed by atoms with Gasteiger partial charge < -0.3 is 21.1 Å². The Kier molecular flexibility index (Phi) is 7.51. The minimum Gasteiger partial charge on any atom is -0.486 e. The molecule has 0 aliphatic carbocycles. The van der Waals surface area contributed by atoms with E-state index in [-0.39, 0.29) is 12.1 Å². The van der Waals surface area contributed by atoms with Crippen LogP contribution < -0.4 is 21.1 Å². The molecule has 0 spiro atoms. The molecule has 0 fully saturated rings. The van der Waals surface area contributed by atoms with Gasteiger partial charge in [0, 0.05) is 13.1 Å². The average Bonchev–Trinajstić information content (AvgIpc) is 2.81. The van der Waals surface area contributed by atoms with Crippen molar-refractivity contribution in [2.24, 2.45) is 16.5 Å². The zero-order valence-corrected chi connectivity index (χ0v) is 19.4. The Labute approximate surface area is 197 Å². The molecule has 0 aromatic heterocycles. The Morgan fingerprint density at radius 3 is 2.30 bits per heavy atom. The molecule has 33 heavy (non-hydrogen) atoms. The zero-order valence-electron chi connectivity index (χ0n) is 19.4. The van der Waals surface area contributed by atoms with Gasteiger partial charge in [0.05, 0.1) is 12.2 Å². The van der Waals surface area contributed by atoms with Crippen LogP contribution in [0.1, 0.15) is 35.1 Å². The molecule has 1 aliphatic rings. The maximum atomic E-state index is 6.37. The molecule has 1 aliphatic heterocycles. The molecule has 5 nitrogen and oxygen atoms in total. The number of anilines is 1. The maximum absolute atomic E-state index is 6.37. The van der Waals surface area contributed by atoms with E-state index in [1.807, 2.05) is 0 Å². The van der Waals surface area contributed by atoms with Gasteiger partial charge in [0.1, 0.15) is 11.9 Å². The molecule has 4 N–H and O–H groups in total. The lowest BCUT2D eigenvalue weighted by atomic mass is 10.0. The highest BCUT2D eigenvalue weighted by atomic mass is 16.5. The largest absolute Gasteiger partial charge is 0.486 e. The van der Waals surface area contributed by atoms with Gasteiger partial charge in [-0.05, 0) is 61.4 Å². The van der Waals surface area contributed by atoms with Crippen molar-refractivity contribution in [1.82, 2.24) is 0 Å². The van der Waals surface area contributed by atoms with Crippen molar-refractivity contribution < 1.29 is 4.74 Å². The smallest absolute Gasteiger partial charge is 0.185 e. The topological polar surface area (TPSA) is 76.9 Å². The minimum atomic E-state index is 0.150. The van der Waals surface area contributed by atoms with Crippen molar-refractivity contribution in [2.45, 2.75) is 45.3 Å². The third-order valence-electron chi connectivity index (χ3n) is 6.13. The van der Waals surface area contributed by atoms with Gasteiger partial charge in [0.15, 0.2) is 5.96 Å². The Hall–Kier alpha value is -3.47. The lowest BCUT2D eigenvalue weighted by Crippen LogP contribution is -2.39. The van der Waals surface area contributed by atoms with E-state index in [9.17, 15) is 0 Å². The number of para-hydroxylation sites is 2. The minimum absolute atomic E-state index is 0.150. The molecule has 172 valence electrons. The van der Waals surface area contributed by atoms with Crippen LogP contribution in [0.2, 0.25) is 0 Å². The highest BCUT2D eigenvalue weighted by Crippen LogP contribution is 2.35. The maximum Gasteiger partial charge on any atom is 0.185 e. The number of aryl methyl sites for hydroxylation is 2. The Morgan fingerprint density at radius 1 is 0.909 bits per heavy atom. The molecule has 0 radical (unpaired) electrons. The van der Waals surface area contributed by atoms with E-state index in [1.54, 1.807) is 0 Å². The summed E-state index contributed by atoms with van der Waals surface area (Å²) >= 11 is 0. The summed E-state index contributed by atoms with van der Waals surface area (Å²) < 4.78 is 6.37. The van der Waals surface area contributed by atoms with E-state index >= 15 is 0 Å². The van der Waals surface area contributed by atoms with Gasteiger partial charge in [-0.15, -0.1) is 0 Å². The van der Waals surface area contributed by atoms with Crippen LogP contribution in [0.5, 0.6) is 5.75 Å². The third kappa shape index (κ3) is 6.51. The van der Waals surface area contributed by atoms with Gasteiger partial charge in [-0.25, -0.2) is 0 Å². The Bertz CT molecular complexity index is 1060. The summed E-state index contributed by atoms with van der Waals surface area (Å²) in [4.78, 5) is 6.51. The number of hydrogen-bond donors (Lipinski definition) is 2. The molecular weight excluding hydrogens is 408 g/mol. The zero-order chi connectivity index (χ0) is 23.0. The summed E-state index contributed by atoms with van der Waals surface area (Å²) in [5.74, 6) is 1.14. The standard InChI is InChI=1S/C28H34N4O/c1-21-9-11-24(12-10-21)19-32-20-25(33-27-8-3-2-7-26(27)32)6-4-5-22-13-15-23(16-14-22)17-18-31-28(29)30/h2-3,7-16,25H,4-6,17-20H2,1H3,(H4,29,30,31). The number of nitrogens with two attached hydrogens (primary N) is 2. The van der Waals surface area contributed by atoms with Gasteiger partial charge in [0.25, 0.3) is 0 Å². The number of guanidine groups is 1. The van der Waals surface area contributed by atoms with E-state index in [0.717, 1.165) is 44.5 Å². The second-order valence-electron chi connectivity index (χ2n) is 8.84. The first kappa shape index (κ1) is 22.7. The van der Waals surface area contributed by atoms with Gasteiger partial charge in [-0.2, -0.15) is 0 Å². The molecule has 1 heterocycles. The molecule has 0 bridgehead atoms. The van der Waals surface area contributed by atoms with E-state index in [1.165, 1.54) is 27.9 Å². The van der Waals surface area contributed by atoms with Gasteiger partial charge >= 0.3 is 0 Å². The molecule has 4 rings (SSSR count). The van der Waals surface area contributed by atoms with Crippen LogP contribution in [0.15, 0.2) is 77.8 Å². The number of rotatable bonds is 9. The molecule has 1 atom stereocenters. The van der Waals surface area contributed by atoms with Crippen LogP contribution in [0.25, 0.3) is 0 Å². The van der Waals surface area contributed by atoms with Crippen LogP contribution in [-0.2, 0) is 19.4 Å². The van der Waals surface area contributed by atoms with Gasteiger partial charge in [-0.3, -0.25) is 4.99 Å². The molecule has 1 unspecified atom stereocenters. The van der Waals surface area contributed by atoms with Crippen molar-refractivity contribution in [1.29, 1.82) is 0 Å². The van der Waals surface area contributed by atoms with Crippen LogP contribution in [0.3, 0.4) is 0 Å². The molecule has 3 aromatic rings. The summed E-state index contributed by atoms with van der Waals surface area (Å²) in [7, 11) is 0. The predicted molar refractivity (Wildman–Crippen MR) is 137 cm³/mol. The number of hydrogen-bond acceptors (Lipinski definition) is 3. The summed E-state index contributed by atoms with van der Waals surface area (Å²) in [5, 5.41) is 0. The molecule has 0 amide bonds. The fourth-order valence-electron chi connectivity index (χ4n) is 4.31. The SMILES string of the molecule is Cc1ccc(CN2CC(CCCc3ccc(CCN=C(N)N)cc3)Oc3ccccc32)cc1.